The molecule has 0 aromatic heterocycles. The normalized spacial score (nSPS) is 22.0. The number of ketones is 1. The van der Waals surface area contributed by atoms with Crippen molar-refractivity contribution in [3.8, 4) is 0 Å². The Labute approximate surface area is 241 Å². The van der Waals surface area contributed by atoms with Gasteiger partial charge in [-0.05, 0) is 42.3 Å². The van der Waals surface area contributed by atoms with Crippen LogP contribution < -0.4 is 9.80 Å². The number of benzene rings is 3. The smallest absolute Gasteiger partial charge is 0.338 e. The van der Waals surface area contributed by atoms with Crippen LogP contribution in [0.15, 0.2) is 78.9 Å². The molecular formula is C32H27N3O7. The molecule has 0 aliphatic carbocycles. The van der Waals surface area contributed by atoms with Gasteiger partial charge < -0.3 is 9.64 Å². The number of carbonyl (C=O) groups excluding carboxylic acids is 4. The number of amides is 2. The molecule has 10 nitrogen and oxygen atoms in total. The largest absolute Gasteiger partial charge is 0.462 e. The van der Waals surface area contributed by atoms with Crippen LogP contribution in [0.1, 0.15) is 46.0 Å². The summed E-state index contributed by atoms with van der Waals surface area (Å²) in [6.45, 7) is 2.29. The van der Waals surface area contributed by atoms with Gasteiger partial charge in [0.2, 0.25) is 11.8 Å². The number of nitro benzene ring substituents is 1. The highest BCUT2D eigenvalue weighted by molar-refractivity contribution is 6.25. The summed E-state index contributed by atoms with van der Waals surface area (Å²) in [6.07, 6.45) is 5.35. The molecule has 2 fully saturated rings. The predicted octanol–water partition coefficient (Wildman–Crippen LogP) is 4.82. The first-order valence-electron chi connectivity index (χ1n) is 13.8. The van der Waals surface area contributed by atoms with Crippen LogP contribution in [0, 0.1) is 22.0 Å². The number of esters is 1. The fourth-order valence-corrected chi connectivity index (χ4v) is 6.15. The minimum absolute atomic E-state index is 0.0882. The molecule has 4 atom stereocenters. The van der Waals surface area contributed by atoms with Crippen molar-refractivity contribution in [1.82, 2.24) is 0 Å². The number of imide groups is 1. The van der Waals surface area contributed by atoms with E-state index < -0.39 is 52.4 Å². The lowest BCUT2D eigenvalue weighted by molar-refractivity contribution is -0.384. The molecule has 0 saturated carbocycles. The van der Waals surface area contributed by atoms with Crippen molar-refractivity contribution in [2.45, 2.75) is 31.8 Å². The standard InChI is InChI=1S/C32H27N3O7/c1-2-3-17-42-32(39)20-11-14-22(15-12-20)33-30(37)26-25-16-13-19-7-4-5-10-24(19)34(25)28(27(26)31(33)38)29(36)21-8-6-9-23(18-21)35(40)41/h4-16,18,25-28H,2-3,17H2,1H3/t25-,26-,27-,28-/m0/s1. The Bertz CT molecular complexity index is 1650. The van der Waals surface area contributed by atoms with Crippen LogP contribution in [-0.4, -0.2) is 47.2 Å². The molecule has 0 radical (unpaired) electrons. The number of carbonyl (C=O) groups is 4. The topological polar surface area (TPSA) is 127 Å². The lowest BCUT2D eigenvalue weighted by Crippen LogP contribution is -2.48. The van der Waals surface area contributed by atoms with E-state index in [2.05, 4.69) is 0 Å². The Kier molecular flexibility index (Phi) is 6.89. The Morgan fingerprint density at radius 3 is 2.40 bits per heavy atom. The molecule has 3 aliphatic heterocycles. The van der Waals surface area contributed by atoms with E-state index in [9.17, 15) is 29.3 Å². The van der Waals surface area contributed by atoms with Crippen LogP contribution in [0.25, 0.3) is 6.08 Å². The number of non-ortho nitro benzene ring substituents is 1. The van der Waals surface area contributed by atoms with Gasteiger partial charge in [-0.15, -0.1) is 0 Å². The molecule has 3 heterocycles. The highest BCUT2D eigenvalue weighted by Gasteiger charge is 2.64. The first-order chi connectivity index (χ1) is 20.3. The highest BCUT2D eigenvalue weighted by atomic mass is 16.6. The molecule has 3 aliphatic rings. The summed E-state index contributed by atoms with van der Waals surface area (Å²) < 4.78 is 5.25. The Morgan fingerprint density at radius 2 is 1.67 bits per heavy atom. The van der Waals surface area contributed by atoms with Gasteiger partial charge in [0, 0.05) is 23.4 Å². The monoisotopic (exact) mass is 565 g/mol. The zero-order chi connectivity index (χ0) is 29.5. The minimum Gasteiger partial charge on any atom is -0.462 e. The number of rotatable bonds is 8. The van der Waals surface area contributed by atoms with E-state index >= 15 is 0 Å². The van der Waals surface area contributed by atoms with Gasteiger partial charge in [0.15, 0.2) is 5.78 Å². The molecule has 0 unspecified atom stereocenters. The van der Waals surface area contributed by atoms with Gasteiger partial charge >= 0.3 is 5.97 Å². The SMILES string of the molecule is CCCCOC(=O)c1ccc(N2C(=O)[C@@H]3[C@H](C2=O)[C@@H](C(=O)c2cccc([N+](=O)[O-])c2)N2c4ccccc4C=C[C@@H]32)cc1. The first kappa shape index (κ1) is 27.1. The molecule has 10 heteroatoms. The van der Waals surface area contributed by atoms with E-state index in [4.69, 9.17) is 4.74 Å². The molecule has 6 rings (SSSR count). The summed E-state index contributed by atoms with van der Waals surface area (Å²) in [6, 6.07) is 17.2. The summed E-state index contributed by atoms with van der Waals surface area (Å²) in [5.74, 6) is -3.83. The van der Waals surface area contributed by atoms with Crippen LogP contribution >= 0.6 is 0 Å². The minimum atomic E-state index is -1.07. The van der Waals surface area contributed by atoms with Gasteiger partial charge in [0.05, 0.1) is 40.7 Å². The number of fused-ring (bicyclic) bond motifs is 5. The van der Waals surface area contributed by atoms with Gasteiger partial charge in [-0.3, -0.25) is 24.5 Å². The zero-order valence-electron chi connectivity index (χ0n) is 22.7. The second-order valence-electron chi connectivity index (χ2n) is 10.5. The summed E-state index contributed by atoms with van der Waals surface area (Å²) in [4.78, 5) is 68.3. The fraction of sp³-hybridized carbons (Fsp3) is 0.250. The van der Waals surface area contributed by atoms with Crippen LogP contribution in [0.4, 0.5) is 17.1 Å². The van der Waals surface area contributed by atoms with Crippen molar-refractivity contribution in [3.05, 3.63) is 106 Å². The van der Waals surface area contributed by atoms with E-state index in [-0.39, 0.29) is 16.9 Å². The lowest BCUT2D eigenvalue weighted by atomic mass is 9.86. The molecule has 3 aromatic rings. The van der Waals surface area contributed by atoms with Crippen molar-refractivity contribution in [2.24, 2.45) is 11.8 Å². The molecule has 2 saturated heterocycles. The maximum Gasteiger partial charge on any atom is 0.338 e. The number of nitro groups is 1. The van der Waals surface area contributed by atoms with E-state index in [0.717, 1.165) is 23.3 Å². The maximum absolute atomic E-state index is 14.1. The van der Waals surface area contributed by atoms with Crippen LogP contribution in [0.5, 0.6) is 0 Å². The van der Waals surface area contributed by atoms with Crippen molar-refractivity contribution < 1.29 is 28.8 Å². The van der Waals surface area contributed by atoms with Gasteiger partial charge in [-0.2, -0.15) is 0 Å². The van der Waals surface area contributed by atoms with E-state index in [1.165, 1.54) is 48.5 Å². The van der Waals surface area contributed by atoms with Crippen LogP contribution in [-0.2, 0) is 14.3 Å². The fourth-order valence-electron chi connectivity index (χ4n) is 6.15. The van der Waals surface area contributed by atoms with E-state index in [1.54, 1.807) is 0 Å². The Hall–Kier alpha value is -5.12. The highest BCUT2D eigenvalue weighted by Crippen LogP contribution is 2.49. The van der Waals surface area contributed by atoms with Gasteiger partial charge in [0.1, 0.15) is 6.04 Å². The molecule has 212 valence electrons. The Balaban J connectivity index is 1.37. The number of anilines is 2. The second kappa shape index (κ2) is 10.7. The molecule has 42 heavy (non-hydrogen) atoms. The predicted molar refractivity (Wildman–Crippen MR) is 154 cm³/mol. The molecule has 2 amide bonds. The maximum atomic E-state index is 14.1. The third-order valence-electron chi connectivity index (χ3n) is 8.12. The molecule has 0 spiro atoms. The van der Waals surface area contributed by atoms with Crippen LogP contribution in [0.3, 0.4) is 0 Å². The number of hydrogen-bond acceptors (Lipinski definition) is 8. The summed E-state index contributed by atoms with van der Waals surface area (Å²) in [7, 11) is 0. The van der Waals surface area contributed by atoms with Crippen molar-refractivity contribution in [2.75, 3.05) is 16.4 Å². The second-order valence-corrected chi connectivity index (χ2v) is 10.5. The lowest BCUT2D eigenvalue weighted by Gasteiger charge is -2.36. The summed E-state index contributed by atoms with van der Waals surface area (Å²) in [5.41, 5.74) is 1.98. The zero-order valence-corrected chi connectivity index (χ0v) is 22.7. The van der Waals surface area contributed by atoms with E-state index in [1.807, 2.05) is 48.2 Å². The number of para-hydroxylation sites is 1. The van der Waals surface area contributed by atoms with Crippen molar-refractivity contribution in [3.63, 3.8) is 0 Å². The quantitative estimate of drug-likeness (QED) is 0.0950. The molecule has 3 aromatic carbocycles. The van der Waals surface area contributed by atoms with Crippen molar-refractivity contribution >= 4 is 46.7 Å². The Morgan fingerprint density at radius 1 is 0.929 bits per heavy atom. The number of unbranched alkanes of at least 4 members (excludes halogenated alkanes) is 1. The summed E-state index contributed by atoms with van der Waals surface area (Å²) in [5, 5.41) is 11.4. The third kappa shape index (κ3) is 4.36. The number of ether oxygens (including phenoxy) is 1. The number of nitrogens with zero attached hydrogens (tertiary/aromatic N) is 3. The number of hydrogen-bond donors (Lipinski definition) is 0. The van der Waals surface area contributed by atoms with E-state index in [0.29, 0.717) is 17.9 Å². The van der Waals surface area contributed by atoms with Gasteiger partial charge in [0.25, 0.3) is 5.69 Å². The van der Waals surface area contributed by atoms with Crippen molar-refractivity contribution in [1.29, 1.82) is 0 Å². The average molecular weight is 566 g/mol. The third-order valence-corrected chi connectivity index (χ3v) is 8.12. The molecular weight excluding hydrogens is 538 g/mol. The van der Waals surface area contributed by atoms with Crippen LogP contribution in [0.2, 0.25) is 0 Å². The van der Waals surface area contributed by atoms with Gasteiger partial charge in [-0.1, -0.05) is 55.8 Å². The number of Topliss-reactive ketones (excluding diaryl/α,β-unsaturated/α-hetero) is 1. The average Bonchev–Trinajstić information content (AvgIpc) is 3.49. The first-order valence-corrected chi connectivity index (χ1v) is 13.8. The molecule has 0 bridgehead atoms. The molecule has 0 N–H and O–H groups in total. The van der Waals surface area contributed by atoms with Gasteiger partial charge in [-0.25, -0.2) is 9.69 Å². The summed E-state index contributed by atoms with van der Waals surface area (Å²) >= 11 is 0.